The molecule has 0 bridgehead atoms. The number of aliphatic hydroxyl groups excluding tert-OH is 1. The van der Waals surface area contributed by atoms with Crippen LogP contribution in [0.25, 0.3) is 0 Å². The lowest BCUT2D eigenvalue weighted by Crippen LogP contribution is -2.31. The lowest BCUT2D eigenvalue weighted by atomic mass is 9.84. The molecule has 0 radical (unpaired) electrons. The molecule has 0 saturated carbocycles. The van der Waals surface area contributed by atoms with Gasteiger partial charge in [0.05, 0.1) is 18.4 Å². The summed E-state index contributed by atoms with van der Waals surface area (Å²) in [6.07, 6.45) is -1.15. The van der Waals surface area contributed by atoms with Crippen molar-refractivity contribution in [2.24, 2.45) is 0 Å². The van der Waals surface area contributed by atoms with Gasteiger partial charge in [-0.05, 0) is 11.1 Å². The maximum Gasteiger partial charge on any atom is 0.330 e. The third-order valence-electron chi connectivity index (χ3n) is 5.23. The van der Waals surface area contributed by atoms with Crippen LogP contribution in [-0.4, -0.2) is 52.0 Å². The second-order valence-corrected chi connectivity index (χ2v) is 11.5. The molecule has 0 aliphatic heterocycles. The van der Waals surface area contributed by atoms with E-state index in [1.165, 1.54) is 28.4 Å². The summed E-state index contributed by atoms with van der Waals surface area (Å²) in [5.74, 6) is -1.21. The normalized spacial score (nSPS) is 15.5. The smallest absolute Gasteiger partial charge is 0.330 e. The molecular weight excluding hydrogens is 426 g/mol. The summed E-state index contributed by atoms with van der Waals surface area (Å²) < 4.78 is 46.4. The maximum atomic E-state index is 12.9. The average Bonchev–Trinajstić information content (AvgIpc) is 2.81. The number of hydrogen-bond acceptors (Lipinski definition) is 7. The van der Waals surface area contributed by atoms with Crippen LogP contribution in [0, 0.1) is 0 Å². The van der Waals surface area contributed by atoms with E-state index in [0.29, 0.717) is 0 Å². The lowest BCUT2D eigenvalue weighted by Gasteiger charge is -2.33. The fraction of sp³-hybridized carbons (Fsp3) is 0.429. The van der Waals surface area contributed by atoms with Crippen LogP contribution in [0.2, 0.25) is 0 Å². The summed E-state index contributed by atoms with van der Waals surface area (Å²) in [5.41, 5.74) is 1.54. The van der Waals surface area contributed by atoms with Gasteiger partial charge in [-0.1, -0.05) is 60.7 Å². The van der Waals surface area contributed by atoms with E-state index < -0.39 is 33.1 Å². The minimum Gasteiger partial charge on any atom is -0.392 e. The van der Waals surface area contributed by atoms with Gasteiger partial charge in [0.15, 0.2) is 0 Å². The zero-order chi connectivity index (χ0) is 22.2. The van der Waals surface area contributed by atoms with E-state index in [-0.39, 0.29) is 12.3 Å². The molecule has 0 fully saturated rings. The Balaban J connectivity index is 2.52. The maximum absolute atomic E-state index is 12.9. The van der Waals surface area contributed by atoms with Crippen LogP contribution in [0.3, 0.4) is 0 Å². The second-order valence-electron chi connectivity index (χ2n) is 6.84. The van der Waals surface area contributed by atoms with Crippen molar-refractivity contribution in [1.82, 2.24) is 0 Å². The zero-order valence-electron chi connectivity index (χ0n) is 17.7. The van der Waals surface area contributed by atoms with Gasteiger partial charge in [0, 0.05) is 40.3 Å². The standard InChI is InChI=1S/C21H30O7P2/c1-25-29(23,26-2)15-19(17-11-7-5-8-12-17)21(22)20(16-30(24,27-3)28-4)18-13-9-6-10-14-18/h5-14,19-22H,15-16H2,1-4H3. The van der Waals surface area contributed by atoms with Crippen LogP contribution < -0.4 is 0 Å². The van der Waals surface area contributed by atoms with E-state index >= 15 is 0 Å². The first-order chi connectivity index (χ1) is 14.3. The Labute approximate surface area is 178 Å². The first-order valence-corrected chi connectivity index (χ1v) is 13.0. The van der Waals surface area contributed by atoms with Crippen molar-refractivity contribution in [3.05, 3.63) is 71.8 Å². The fourth-order valence-corrected chi connectivity index (χ4v) is 6.14. The Hall–Kier alpha value is -1.30. The van der Waals surface area contributed by atoms with Crippen molar-refractivity contribution in [1.29, 1.82) is 0 Å². The summed E-state index contributed by atoms with van der Waals surface area (Å²) in [7, 11) is -1.62. The van der Waals surface area contributed by atoms with Crippen LogP contribution in [0.5, 0.6) is 0 Å². The average molecular weight is 456 g/mol. The predicted octanol–water partition coefficient (Wildman–Crippen LogP) is 4.89. The van der Waals surface area contributed by atoms with Crippen molar-refractivity contribution in [2.45, 2.75) is 17.9 Å². The van der Waals surface area contributed by atoms with Gasteiger partial charge in [-0.3, -0.25) is 9.13 Å². The molecule has 0 aromatic heterocycles. The molecule has 0 heterocycles. The first kappa shape index (κ1) is 25.0. The molecule has 9 heteroatoms. The molecule has 0 saturated heterocycles. The Kier molecular flexibility index (Phi) is 9.45. The Morgan fingerprint density at radius 2 is 0.967 bits per heavy atom. The number of hydrogen-bond donors (Lipinski definition) is 1. The fourth-order valence-electron chi connectivity index (χ4n) is 3.43. The molecule has 0 amide bonds. The monoisotopic (exact) mass is 456 g/mol. The second kappa shape index (κ2) is 11.4. The van der Waals surface area contributed by atoms with Gasteiger partial charge in [0.25, 0.3) is 0 Å². The van der Waals surface area contributed by atoms with Gasteiger partial charge >= 0.3 is 15.2 Å². The van der Waals surface area contributed by atoms with E-state index in [1.54, 1.807) is 0 Å². The summed E-state index contributed by atoms with van der Waals surface area (Å²) in [6.45, 7) is 0. The minimum absolute atomic E-state index is 0.0429. The molecule has 0 aliphatic carbocycles. The molecular formula is C21H30O7P2. The molecule has 0 aliphatic rings. The number of rotatable bonds is 12. The summed E-state index contributed by atoms with van der Waals surface area (Å²) in [5, 5.41) is 11.5. The third-order valence-corrected chi connectivity index (χ3v) is 9.14. The van der Waals surface area contributed by atoms with Gasteiger partial charge in [-0.15, -0.1) is 0 Å². The van der Waals surface area contributed by atoms with Crippen LogP contribution >= 0.6 is 15.2 Å². The molecule has 7 nitrogen and oxygen atoms in total. The van der Waals surface area contributed by atoms with Gasteiger partial charge in [-0.25, -0.2) is 0 Å². The van der Waals surface area contributed by atoms with Crippen molar-refractivity contribution in [3.8, 4) is 0 Å². The highest BCUT2D eigenvalue weighted by Gasteiger charge is 2.39. The minimum atomic E-state index is -3.44. The van der Waals surface area contributed by atoms with Gasteiger partial charge in [-0.2, -0.15) is 0 Å². The summed E-state index contributed by atoms with van der Waals surface area (Å²) >= 11 is 0. The molecule has 1 N–H and O–H groups in total. The topological polar surface area (TPSA) is 91.3 Å². The molecule has 2 aromatic rings. The Bertz CT molecular complexity index is 773. The van der Waals surface area contributed by atoms with E-state index in [0.717, 1.165) is 11.1 Å². The Morgan fingerprint density at radius 3 is 1.23 bits per heavy atom. The quantitative estimate of drug-likeness (QED) is 0.455. The van der Waals surface area contributed by atoms with Crippen LogP contribution in [-0.2, 0) is 27.2 Å². The van der Waals surface area contributed by atoms with E-state index in [4.69, 9.17) is 18.1 Å². The van der Waals surface area contributed by atoms with Crippen LogP contribution in [0.4, 0.5) is 0 Å². The zero-order valence-corrected chi connectivity index (χ0v) is 19.5. The van der Waals surface area contributed by atoms with Crippen molar-refractivity contribution in [3.63, 3.8) is 0 Å². The lowest BCUT2D eigenvalue weighted by molar-refractivity contribution is 0.120. The summed E-state index contributed by atoms with van der Waals surface area (Å²) in [6, 6.07) is 18.5. The largest absolute Gasteiger partial charge is 0.392 e. The predicted molar refractivity (Wildman–Crippen MR) is 117 cm³/mol. The van der Waals surface area contributed by atoms with E-state index in [2.05, 4.69) is 0 Å². The highest BCUT2D eigenvalue weighted by atomic mass is 31.2. The molecule has 30 heavy (non-hydrogen) atoms. The van der Waals surface area contributed by atoms with E-state index in [9.17, 15) is 14.2 Å². The molecule has 2 atom stereocenters. The van der Waals surface area contributed by atoms with Crippen molar-refractivity contribution in [2.75, 3.05) is 40.8 Å². The highest BCUT2D eigenvalue weighted by molar-refractivity contribution is 7.54. The molecule has 2 rings (SSSR count). The van der Waals surface area contributed by atoms with E-state index in [1.807, 2.05) is 60.7 Å². The highest BCUT2D eigenvalue weighted by Crippen LogP contribution is 2.54. The first-order valence-electron chi connectivity index (χ1n) is 9.50. The summed E-state index contributed by atoms with van der Waals surface area (Å²) in [4.78, 5) is 0. The Morgan fingerprint density at radius 1 is 0.667 bits per heavy atom. The van der Waals surface area contributed by atoms with Crippen molar-refractivity contribution >= 4 is 15.2 Å². The van der Waals surface area contributed by atoms with Gasteiger partial charge in [0.1, 0.15) is 0 Å². The molecule has 2 aromatic carbocycles. The van der Waals surface area contributed by atoms with Gasteiger partial charge in [0.2, 0.25) is 0 Å². The molecule has 166 valence electrons. The number of benzene rings is 2. The third kappa shape index (κ3) is 6.35. The van der Waals surface area contributed by atoms with Crippen LogP contribution in [0.15, 0.2) is 60.7 Å². The van der Waals surface area contributed by atoms with Gasteiger partial charge < -0.3 is 23.2 Å². The van der Waals surface area contributed by atoms with Crippen LogP contribution in [0.1, 0.15) is 23.0 Å². The van der Waals surface area contributed by atoms with Crippen molar-refractivity contribution < 1.29 is 32.3 Å². The number of aliphatic hydroxyl groups is 1. The molecule has 2 unspecified atom stereocenters. The molecule has 0 spiro atoms. The SMILES string of the molecule is COP(=O)(CC(c1ccccc1)C(O)C(CP(=O)(OC)OC)c1ccccc1)OC.